The van der Waals surface area contributed by atoms with E-state index in [1.165, 1.54) is 0 Å². The van der Waals surface area contributed by atoms with Crippen LogP contribution in [0.25, 0.3) is 0 Å². The predicted molar refractivity (Wildman–Crippen MR) is 94.5 cm³/mol. The highest BCUT2D eigenvalue weighted by Gasteiger charge is 2.30. The summed E-state index contributed by atoms with van der Waals surface area (Å²) < 4.78 is 26.4. The van der Waals surface area contributed by atoms with Crippen molar-refractivity contribution in [3.63, 3.8) is 0 Å². The second-order valence-corrected chi connectivity index (χ2v) is 8.78. The summed E-state index contributed by atoms with van der Waals surface area (Å²) >= 11 is 0. The second-order valence-electron chi connectivity index (χ2n) is 7.13. The van der Waals surface area contributed by atoms with E-state index >= 15 is 0 Å². The summed E-state index contributed by atoms with van der Waals surface area (Å²) in [4.78, 5) is 18.5. The van der Waals surface area contributed by atoms with Crippen LogP contribution in [0.5, 0.6) is 0 Å². The van der Waals surface area contributed by atoms with E-state index in [-0.39, 0.29) is 35.2 Å². The normalized spacial score (nSPS) is 18.8. The van der Waals surface area contributed by atoms with Gasteiger partial charge in [-0.25, -0.2) is 8.42 Å². The van der Waals surface area contributed by atoms with Gasteiger partial charge in [-0.3, -0.25) is 14.5 Å². The van der Waals surface area contributed by atoms with Crippen molar-refractivity contribution in [2.45, 2.75) is 45.1 Å². The molecule has 132 valence electrons. The van der Waals surface area contributed by atoms with E-state index in [4.69, 9.17) is 0 Å². The smallest absolute Gasteiger partial charge is 0.263 e. The molecule has 1 aromatic rings. The number of fused-ring (bicyclic) bond motifs is 1. The van der Waals surface area contributed by atoms with E-state index in [0.717, 1.165) is 0 Å². The van der Waals surface area contributed by atoms with Gasteiger partial charge in [-0.2, -0.15) is 0 Å². The van der Waals surface area contributed by atoms with Gasteiger partial charge in [0.1, 0.15) is 5.84 Å². The van der Waals surface area contributed by atoms with Crippen LogP contribution in [-0.2, 0) is 14.8 Å². The molecule has 2 rings (SSSR count). The molecule has 7 heteroatoms. The first-order chi connectivity index (χ1) is 11.0. The number of hydrogen-bond donors (Lipinski definition) is 1. The average molecular weight is 351 g/mol. The highest BCUT2D eigenvalue weighted by molar-refractivity contribution is 7.90. The summed E-state index contributed by atoms with van der Waals surface area (Å²) in [5.74, 6) is 0.306. The number of nitrogens with one attached hydrogen (secondary N) is 1. The molecular formula is C17H25N3O3S. The van der Waals surface area contributed by atoms with Crippen LogP contribution in [0.1, 0.15) is 39.7 Å². The standard InChI is InChI=1S/C17H25N3O3S/c1-12(17(2,3)4)20(5)15(21)10-11-18-16-13-8-6-7-9-14(13)24(22,23)19-16/h6-9,12H,10-11H2,1-5H3,(H,18,19)/t12-/m0/s1. The zero-order valence-electron chi connectivity index (χ0n) is 14.8. The summed E-state index contributed by atoms with van der Waals surface area (Å²) in [7, 11) is -1.74. The minimum absolute atomic E-state index is 0.00364. The topological polar surface area (TPSA) is 78.8 Å². The van der Waals surface area contributed by atoms with E-state index in [9.17, 15) is 13.2 Å². The number of nitrogens with zero attached hydrogens (tertiary/aromatic N) is 2. The van der Waals surface area contributed by atoms with Crippen LogP contribution in [0.15, 0.2) is 34.2 Å². The predicted octanol–water partition coefficient (Wildman–Crippen LogP) is 2.01. The first-order valence-electron chi connectivity index (χ1n) is 7.96. The summed E-state index contributed by atoms with van der Waals surface area (Å²) in [6.07, 6.45) is 0.240. The van der Waals surface area contributed by atoms with Crippen LogP contribution in [-0.4, -0.2) is 44.7 Å². The minimum atomic E-state index is -3.53. The zero-order chi connectivity index (χ0) is 18.1. The first-order valence-corrected chi connectivity index (χ1v) is 9.44. The molecule has 1 N–H and O–H groups in total. The molecule has 0 aliphatic carbocycles. The van der Waals surface area contributed by atoms with Crippen molar-refractivity contribution in [1.29, 1.82) is 0 Å². The van der Waals surface area contributed by atoms with Crippen LogP contribution in [0.2, 0.25) is 0 Å². The number of hydrogen-bond acceptors (Lipinski definition) is 4. The highest BCUT2D eigenvalue weighted by atomic mass is 32.2. The minimum Gasteiger partial charge on any atom is -0.342 e. The van der Waals surface area contributed by atoms with Gasteiger partial charge < -0.3 is 4.90 Å². The Balaban J connectivity index is 2.05. The lowest BCUT2D eigenvalue weighted by atomic mass is 9.87. The summed E-state index contributed by atoms with van der Waals surface area (Å²) in [6.45, 7) is 8.53. The average Bonchev–Trinajstić information content (AvgIpc) is 2.76. The Morgan fingerprint density at radius 2 is 1.92 bits per heavy atom. The van der Waals surface area contributed by atoms with Gasteiger partial charge in [0.2, 0.25) is 5.91 Å². The Bertz CT molecular complexity index is 764. The molecule has 24 heavy (non-hydrogen) atoms. The molecule has 1 amide bonds. The maximum atomic E-state index is 12.3. The maximum absolute atomic E-state index is 12.3. The van der Waals surface area contributed by atoms with Crippen molar-refractivity contribution < 1.29 is 13.2 Å². The number of rotatable bonds is 4. The molecule has 6 nitrogen and oxygen atoms in total. The van der Waals surface area contributed by atoms with Gasteiger partial charge in [0.05, 0.1) is 11.4 Å². The Kier molecular flexibility index (Phi) is 5.03. The molecule has 1 aliphatic rings. The number of carbonyl (C=O) groups is 1. The third kappa shape index (κ3) is 3.77. The summed E-state index contributed by atoms with van der Waals surface area (Å²) in [5, 5.41) is 0. The maximum Gasteiger partial charge on any atom is 0.263 e. The zero-order valence-corrected chi connectivity index (χ0v) is 15.6. The van der Waals surface area contributed by atoms with Gasteiger partial charge in [-0.1, -0.05) is 32.9 Å². The SMILES string of the molecule is C[C@H](N(C)C(=O)CCN=C1NS(=O)(=O)c2ccccc21)C(C)(C)C. The monoisotopic (exact) mass is 351 g/mol. The van der Waals surface area contributed by atoms with Gasteiger partial charge >= 0.3 is 0 Å². The molecule has 1 aromatic carbocycles. The van der Waals surface area contributed by atoms with Crippen molar-refractivity contribution in [2.75, 3.05) is 13.6 Å². The Morgan fingerprint density at radius 1 is 1.29 bits per heavy atom. The van der Waals surface area contributed by atoms with Crippen LogP contribution >= 0.6 is 0 Å². The van der Waals surface area contributed by atoms with Crippen molar-refractivity contribution in [2.24, 2.45) is 10.4 Å². The van der Waals surface area contributed by atoms with E-state index in [1.807, 2.05) is 6.92 Å². The van der Waals surface area contributed by atoms with Gasteiger partial charge in [0.25, 0.3) is 10.0 Å². The van der Waals surface area contributed by atoms with Gasteiger partial charge in [0.15, 0.2) is 0 Å². The molecule has 0 unspecified atom stereocenters. The molecule has 1 atom stereocenters. The highest BCUT2D eigenvalue weighted by Crippen LogP contribution is 2.24. The molecule has 0 bridgehead atoms. The van der Waals surface area contributed by atoms with E-state index in [1.54, 1.807) is 36.2 Å². The van der Waals surface area contributed by atoms with Crippen molar-refractivity contribution in [1.82, 2.24) is 9.62 Å². The second kappa shape index (κ2) is 6.55. The lowest BCUT2D eigenvalue weighted by Gasteiger charge is -2.35. The molecule has 1 heterocycles. The van der Waals surface area contributed by atoms with E-state index < -0.39 is 10.0 Å². The fraction of sp³-hybridized carbons (Fsp3) is 0.529. The quantitative estimate of drug-likeness (QED) is 0.901. The molecule has 0 saturated heterocycles. The summed E-state index contributed by atoms with van der Waals surface area (Å²) in [5.41, 5.74) is 0.553. The van der Waals surface area contributed by atoms with E-state index in [0.29, 0.717) is 11.4 Å². The molecule has 1 aliphatic heterocycles. The molecule has 0 spiro atoms. The van der Waals surface area contributed by atoms with Gasteiger partial charge in [-0.05, 0) is 24.5 Å². The molecule has 0 saturated carbocycles. The molecule has 0 aromatic heterocycles. The number of carbonyl (C=O) groups excluding carboxylic acids is 1. The lowest BCUT2D eigenvalue weighted by Crippen LogP contribution is -2.43. The number of sulfonamides is 1. The van der Waals surface area contributed by atoms with Crippen molar-refractivity contribution in [3.05, 3.63) is 29.8 Å². The van der Waals surface area contributed by atoms with Crippen molar-refractivity contribution in [3.8, 4) is 0 Å². The first kappa shape index (κ1) is 18.4. The number of amides is 1. The Labute approximate surface area is 144 Å². The van der Waals surface area contributed by atoms with E-state index in [2.05, 4.69) is 30.5 Å². The third-order valence-corrected chi connectivity index (χ3v) is 5.88. The van der Waals surface area contributed by atoms with Crippen LogP contribution < -0.4 is 4.72 Å². The van der Waals surface area contributed by atoms with Crippen LogP contribution in [0, 0.1) is 5.41 Å². The van der Waals surface area contributed by atoms with Gasteiger partial charge in [-0.15, -0.1) is 0 Å². The fourth-order valence-electron chi connectivity index (χ4n) is 2.49. The van der Waals surface area contributed by atoms with Gasteiger partial charge in [0, 0.05) is 25.1 Å². The van der Waals surface area contributed by atoms with Crippen LogP contribution in [0.3, 0.4) is 0 Å². The lowest BCUT2D eigenvalue weighted by molar-refractivity contribution is -0.133. The number of benzene rings is 1. The van der Waals surface area contributed by atoms with Crippen LogP contribution in [0.4, 0.5) is 0 Å². The Hall–Kier alpha value is -1.89. The summed E-state index contributed by atoms with van der Waals surface area (Å²) in [6, 6.07) is 6.79. The number of amidine groups is 1. The van der Waals surface area contributed by atoms with Crippen molar-refractivity contribution >= 4 is 21.8 Å². The number of aliphatic imine (C=N–C) groups is 1. The molecule has 0 radical (unpaired) electrons. The largest absolute Gasteiger partial charge is 0.342 e. The molecule has 0 fully saturated rings. The molecular weight excluding hydrogens is 326 g/mol. The Morgan fingerprint density at radius 3 is 2.54 bits per heavy atom. The fourth-order valence-corrected chi connectivity index (χ4v) is 3.74. The third-order valence-electron chi connectivity index (χ3n) is 4.49.